The van der Waals surface area contributed by atoms with E-state index < -0.39 is 0 Å². The topological polar surface area (TPSA) is 29.1 Å². The van der Waals surface area contributed by atoms with E-state index in [0.717, 1.165) is 11.3 Å². The zero-order valence-electron chi connectivity index (χ0n) is 7.92. The van der Waals surface area contributed by atoms with Crippen molar-refractivity contribution in [2.45, 2.75) is 33.6 Å². The highest BCUT2D eigenvalue weighted by atomic mass is 16.1. The molecule has 0 fully saturated rings. The molecule has 1 aliphatic rings. The molecule has 0 saturated carbocycles. The number of rotatable bonds is 1. The van der Waals surface area contributed by atoms with Gasteiger partial charge in [-0.3, -0.25) is 4.79 Å². The minimum Gasteiger partial charge on any atom is -0.326 e. The van der Waals surface area contributed by atoms with E-state index in [0.29, 0.717) is 12.3 Å². The highest BCUT2D eigenvalue weighted by Gasteiger charge is 2.17. The van der Waals surface area contributed by atoms with E-state index in [-0.39, 0.29) is 13.3 Å². The second-order valence-corrected chi connectivity index (χ2v) is 3.80. The molecule has 76 valence electrons. The summed E-state index contributed by atoms with van der Waals surface area (Å²) in [6.07, 6.45) is 0.538. The molecule has 0 unspecified atom stereocenters. The van der Waals surface area contributed by atoms with Gasteiger partial charge in [0.05, 0.1) is 6.42 Å². The predicted octanol–water partition coefficient (Wildman–Crippen LogP) is 2.94. The van der Waals surface area contributed by atoms with E-state index in [9.17, 15) is 4.79 Å². The smallest absolute Gasteiger partial charge is 0.228 e. The molecule has 0 saturated heterocycles. The normalized spacial score (nSPS) is 13.5. The number of hydrogen-bond donors (Lipinski definition) is 1. The first-order valence-corrected chi connectivity index (χ1v) is 4.59. The number of carbonyl (C=O) groups excluding carboxylic acids is 1. The zero-order valence-corrected chi connectivity index (χ0v) is 7.92. The van der Waals surface area contributed by atoms with Crippen LogP contribution in [0.2, 0.25) is 0 Å². The maximum Gasteiger partial charge on any atom is 0.228 e. The van der Waals surface area contributed by atoms with Crippen molar-refractivity contribution < 1.29 is 4.79 Å². The first-order valence-electron chi connectivity index (χ1n) is 4.59. The van der Waals surface area contributed by atoms with E-state index in [1.54, 1.807) is 0 Å². The van der Waals surface area contributed by atoms with E-state index in [4.69, 9.17) is 0 Å². The maximum absolute atomic E-state index is 11.1. The lowest BCUT2D eigenvalue weighted by Crippen LogP contribution is -2.03. The van der Waals surface area contributed by atoms with Crippen LogP contribution < -0.4 is 5.32 Å². The summed E-state index contributed by atoms with van der Waals surface area (Å²) in [5.41, 5.74) is 3.42. The van der Waals surface area contributed by atoms with Crippen molar-refractivity contribution in [2.24, 2.45) is 0 Å². The molecule has 14 heavy (non-hydrogen) atoms. The third-order valence-electron chi connectivity index (χ3n) is 2.42. The van der Waals surface area contributed by atoms with Gasteiger partial charge in [-0.05, 0) is 23.1 Å². The fourth-order valence-corrected chi connectivity index (χ4v) is 1.61. The monoisotopic (exact) mass is 191 g/mol. The Morgan fingerprint density at radius 2 is 2.07 bits per heavy atom. The van der Waals surface area contributed by atoms with Gasteiger partial charge < -0.3 is 5.32 Å². The van der Waals surface area contributed by atoms with Gasteiger partial charge in [-0.1, -0.05) is 33.4 Å². The van der Waals surface area contributed by atoms with Gasteiger partial charge in [-0.15, -0.1) is 0 Å². The molecule has 1 aliphatic heterocycles. The summed E-state index contributed by atoms with van der Waals surface area (Å²) in [5, 5.41) is 2.82. The number of carbonyl (C=O) groups is 1. The molecule has 0 spiro atoms. The van der Waals surface area contributed by atoms with Crippen LogP contribution in [0.5, 0.6) is 0 Å². The molecule has 1 aromatic carbocycles. The molecule has 0 aliphatic carbocycles. The van der Waals surface area contributed by atoms with Gasteiger partial charge in [-0.25, -0.2) is 0 Å². The Bertz CT molecular complexity index is 355. The molecule has 0 bridgehead atoms. The van der Waals surface area contributed by atoms with Gasteiger partial charge in [-0.2, -0.15) is 0 Å². The standard InChI is InChI=1S/C11H13NO.CH4/c1-7(2)8-3-4-10-9(5-8)6-11(13)12-10;/h3-5,7H,6H2,1-2H3,(H,12,13);1H4. The Morgan fingerprint density at radius 1 is 1.36 bits per heavy atom. The molecular weight excluding hydrogens is 174 g/mol. The minimum atomic E-state index is 0. The van der Waals surface area contributed by atoms with Crippen LogP contribution in [0.15, 0.2) is 18.2 Å². The molecule has 2 nitrogen and oxygen atoms in total. The maximum atomic E-state index is 11.1. The molecule has 2 rings (SSSR count). The summed E-state index contributed by atoms with van der Waals surface area (Å²) in [6.45, 7) is 4.32. The van der Waals surface area contributed by atoms with Gasteiger partial charge in [0, 0.05) is 5.69 Å². The number of nitrogens with one attached hydrogen (secondary N) is 1. The lowest BCUT2D eigenvalue weighted by atomic mass is 10.00. The third-order valence-corrected chi connectivity index (χ3v) is 2.42. The summed E-state index contributed by atoms with van der Waals surface area (Å²) in [6, 6.07) is 6.20. The molecule has 1 heterocycles. The van der Waals surface area contributed by atoms with Crippen LogP contribution in [0.25, 0.3) is 0 Å². The SMILES string of the molecule is C.CC(C)c1ccc2c(c1)CC(=O)N2. The average molecular weight is 191 g/mol. The first-order chi connectivity index (χ1) is 6.16. The van der Waals surface area contributed by atoms with Crippen LogP contribution in [-0.2, 0) is 11.2 Å². The fourth-order valence-electron chi connectivity index (χ4n) is 1.61. The molecule has 0 radical (unpaired) electrons. The molecule has 1 amide bonds. The van der Waals surface area contributed by atoms with Crippen LogP contribution in [0, 0.1) is 0 Å². The Balaban J connectivity index is 0.000000980. The largest absolute Gasteiger partial charge is 0.326 e. The molecule has 2 heteroatoms. The van der Waals surface area contributed by atoms with Gasteiger partial charge in [0.1, 0.15) is 0 Å². The van der Waals surface area contributed by atoms with Crippen molar-refractivity contribution in [3.05, 3.63) is 29.3 Å². The number of benzene rings is 1. The van der Waals surface area contributed by atoms with Crippen LogP contribution in [0.4, 0.5) is 5.69 Å². The van der Waals surface area contributed by atoms with E-state index in [2.05, 4.69) is 31.3 Å². The van der Waals surface area contributed by atoms with Crippen molar-refractivity contribution in [3.8, 4) is 0 Å². The second kappa shape index (κ2) is 3.82. The Morgan fingerprint density at radius 3 is 2.71 bits per heavy atom. The van der Waals surface area contributed by atoms with Gasteiger partial charge in [0.2, 0.25) is 5.91 Å². The van der Waals surface area contributed by atoms with Crippen molar-refractivity contribution in [1.82, 2.24) is 0 Å². The van der Waals surface area contributed by atoms with Gasteiger partial charge in [0.25, 0.3) is 0 Å². The molecule has 0 atom stereocenters. The summed E-state index contributed by atoms with van der Waals surface area (Å²) in [5.74, 6) is 0.636. The third kappa shape index (κ3) is 1.79. The van der Waals surface area contributed by atoms with Crippen molar-refractivity contribution >= 4 is 11.6 Å². The summed E-state index contributed by atoms with van der Waals surface area (Å²) in [4.78, 5) is 11.1. The second-order valence-electron chi connectivity index (χ2n) is 3.80. The minimum absolute atomic E-state index is 0. The lowest BCUT2D eigenvalue weighted by molar-refractivity contribution is -0.115. The average Bonchev–Trinajstić information content (AvgIpc) is 2.42. The molecule has 1 aromatic rings. The molecule has 1 N–H and O–H groups in total. The van der Waals surface area contributed by atoms with E-state index in [1.807, 2.05) is 6.07 Å². The first kappa shape index (κ1) is 10.8. The number of amides is 1. The van der Waals surface area contributed by atoms with Crippen LogP contribution in [0.3, 0.4) is 0 Å². The Labute approximate surface area is 85.3 Å². The predicted molar refractivity (Wildman–Crippen MR) is 59.6 cm³/mol. The van der Waals surface area contributed by atoms with Crippen molar-refractivity contribution in [2.75, 3.05) is 5.32 Å². The van der Waals surface area contributed by atoms with E-state index in [1.165, 1.54) is 5.56 Å². The van der Waals surface area contributed by atoms with Crippen molar-refractivity contribution in [3.63, 3.8) is 0 Å². The number of fused-ring (bicyclic) bond motifs is 1. The zero-order chi connectivity index (χ0) is 9.42. The van der Waals surface area contributed by atoms with Gasteiger partial charge >= 0.3 is 0 Å². The molecule has 0 aromatic heterocycles. The highest BCUT2D eigenvalue weighted by Crippen LogP contribution is 2.26. The van der Waals surface area contributed by atoms with Crippen LogP contribution in [0.1, 0.15) is 38.3 Å². The highest BCUT2D eigenvalue weighted by molar-refractivity contribution is 5.99. The van der Waals surface area contributed by atoms with E-state index >= 15 is 0 Å². The van der Waals surface area contributed by atoms with Crippen molar-refractivity contribution in [1.29, 1.82) is 0 Å². The number of anilines is 1. The summed E-state index contributed by atoms with van der Waals surface area (Å²) < 4.78 is 0. The quantitative estimate of drug-likeness (QED) is 0.726. The number of hydrogen-bond acceptors (Lipinski definition) is 1. The fraction of sp³-hybridized carbons (Fsp3) is 0.417. The van der Waals surface area contributed by atoms with Crippen LogP contribution in [-0.4, -0.2) is 5.91 Å². The summed E-state index contributed by atoms with van der Waals surface area (Å²) in [7, 11) is 0. The van der Waals surface area contributed by atoms with Crippen LogP contribution >= 0.6 is 0 Å². The lowest BCUT2D eigenvalue weighted by Gasteiger charge is -2.06. The van der Waals surface area contributed by atoms with Gasteiger partial charge in [0.15, 0.2) is 0 Å². The molecular formula is C12H17NO. The Hall–Kier alpha value is -1.31. The Kier molecular flexibility index (Phi) is 2.94. The summed E-state index contributed by atoms with van der Waals surface area (Å²) >= 11 is 0.